The molecule has 3 N–H and O–H groups in total. The van der Waals surface area contributed by atoms with Gasteiger partial charge in [-0.15, -0.1) is 0 Å². The van der Waals surface area contributed by atoms with Crippen molar-refractivity contribution in [2.24, 2.45) is 0 Å². The molecule has 2 aliphatic heterocycles. The fourth-order valence-electron chi connectivity index (χ4n) is 3.37. The minimum Gasteiger partial charge on any atom is -0.756 e. The molecule has 0 aliphatic carbocycles. The third-order valence-corrected chi connectivity index (χ3v) is 6.97. The summed E-state index contributed by atoms with van der Waals surface area (Å²) < 4.78 is 46.4. The minimum absolute atomic E-state index is 0.167. The van der Waals surface area contributed by atoms with Gasteiger partial charge in [-0.1, -0.05) is 6.92 Å². The van der Waals surface area contributed by atoms with E-state index in [1.165, 1.54) is 0 Å². The van der Waals surface area contributed by atoms with E-state index in [4.69, 9.17) is 4.74 Å². The molecule has 1 fully saturated rings. The lowest BCUT2D eigenvalue weighted by atomic mass is 10.2. The van der Waals surface area contributed by atoms with Crippen molar-refractivity contribution < 1.29 is 51.4 Å². The van der Waals surface area contributed by atoms with Crippen LogP contribution in [0.25, 0.3) is 11.2 Å². The largest absolute Gasteiger partial charge is 0.756 e. The quantitative estimate of drug-likeness (QED) is 0.299. The van der Waals surface area contributed by atoms with Crippen LogP contribution in [0.3, 0.4) is 0 Å². The maximum Gasteiger partial charge on any atom is 0.271 e. The van der Waals surface area contributed by atoms with Gasteiger partial charge in [-0.2, -0.15) is 4.98 Å². The first kappa shape index (κ1) is 26.1. The zero-order valence-corrected chi connectivity index (χ0v) is 19.9. The van der Waals surface area contributed by atoms with Crippen molar-refractivity contribution in [2.45, 2.75) is 44.3 Å². The van der Waals surface area contributed by atoms with E-state index in [1.54, 1.807) is 6.33 Å². The summed E-state index contributed by atoms with van der Waals surface area (Å²) in [4.78, 5) is 33.7. The first-order valence-electron chi connectivity index (χ1n) is 9.96. The Kier molecular flexibility index (Phi) is 8.56. The molecular formula is C16H26N5O10P2-. The van der Waals surface area contributed by atoms with Crippen molar-refractivity contribution in [3.8, 4) is 0 Å². The lowest BCUT2D eigenvalue weighted by molar-refractivity contribution is -0.697. The number of imidazole rings is 1. The molecule has 4 rings (SSSR count). The van der Waals surface area contributed by atoms with Crippen molar-refractivity contribution in [1.29, 1.82) is 0 Å². The Morgan fingerprint density at radius 3 is 2.67 bits per heavy atom. The molecule has 2 aromatic heterocycles. The molecule has 6 atom stereocenters. The number of nitrogens with one attached hydrogen (secondary N) is 2. The van der Waals surface area contributed by atoms with Crippen molar-refractivity contribution in [2.75, 3.05) is 32.7 Å². The summed E-state index contributed by atoms with van der Waals surface area (Å²) >= 11 is 0. The predicted molar refractivity (Wildman–Crippen MR) is 107 cm³/mol. The molecule has 0 saturated carbocycles. The predicted octanol–water partition coefficient (Wildman–Crippen LogP) is -0.653. The van der Waals surface area contributed by atoms with E-state index in [0.29, 0.717) is 6.04 Å². The zero-order chi connectivity index (χ0) is 24.2. The van der Waals surface area contributed by atoms with Crippen LogP contribution < -0.4 is 19.7 Å². The normalized spacial score (nSPS) is 27.8. The Balaban J connectivity index is 0.000000192. The third kappa shape index (κ3) is 6.55. The van der Waals surface area contributed by atoms with Gasteiger partial charge < -0.3 is 43.0 Å². The van der Waals surface area contributed by atoms with Crippen molar-refractivity contribution >= 4 is 32.6 Å². The Morgan fingerprint density at radius 2 is 2.00 bits per heavy atom. The summed E-state index contributed by atoms with van der Waals surface area (Å²) in [5.74, 6) is 0.931. The molecule has 0 spiro atoms. The lowest BCUT2D eigenvalue weighted by Crippen LogP contribution is -2.45. The van der Waals surface area contributed by atoms with E-state index in [9.17, 15) is 24.0 Å². The molecule has 33 heavy (non-hydrogen) atoms. The Bertz CT molecular complexity index is 1040. The number of hydrogen-bond acceptors (Lipinski definition) is 13. The van der Waals surface area contributed by atoms with Gasteiger partial charge in [0.15, 0.2) is 12.1 Å². The van der Waals surface area contributed by atoms with Gasteiger partial charge in [-0.05, 0) is 6.42 Å². The molecule has 0 amide bonds. The van der Waals surface area contributed by atoms with Gasteiger partial charge in [0.05, 0.1) is 19.3 Å². The number of phosphoric acid groups is 2. The molecule has 15 nitrogen and oxygen atoms in total. The van der Waals surface area contributed by atoms with Crippen molar-refractivity contribution in [1.82, 2.24) is 15.0 Å². The van der Waals surface area contributed by atoms with Crippen LogP contribution >= 0.6 is 15.6 Å². The second-order valence-electron chi connectivity index (χ2n) is 7.11. The van der Waals surface area contributed by atoms with E-state index in [1.807, 2.05) is 6.33 Å². The highest BCUT2D eigenvalue weighted by Crippen LogP contribution is 2.43. The third-order valence-electron chi connectivity index (χ3n) is 5.08. The molecule has 2 aliphatic rings. The monoisotopic (exact) mass is 510 g/mol. The standard InChI is InChI=1S/C9H11N5.C7H16O10P2/c1-2-6-3-10-8-7-9(12-4-11-8)13-5-14(6)7;1-13-18(9,10)15-4-6-5(3-7(8)16-6)17-19(11,12)14-2/h4-6H,2-3H2,1H3,(H,10,11,12);5-8H,3-4H2,1-2H3,(H,9,10)(H,11,12)/p-1/t;5?,6-,7?/m.1/s1. The van der Waals surface area contributed by atoms with E-state index in [2.05, 4.69) is 49.9 Å². The second kappa shape index (κ2) is 10.8. The number of H-pyrrole nitrogens is 1. The van der Waals surface area contributed by atoms with Crippen LogP contribution in [0, 0.1) is 0 Å². The van der Waals surface area contributed by atoms with Gasteiger partial charge in [-0.3, -0.25) is 9.13 Å². The molecule has 0 aromatic carbocycles. The summed E-state index contributed by atoms with van der Waals surface area (Å²) in [5, 5.41) is 12.6. The topological polar surface area (TPSA) is 204 Å². The van der Waals surface area contributed by atoms with E-state index >= 15 is 0 Å². The zero-order valence-electron chi connectivity index (χ0n) is 18.2. The van der Waals surface area contributed by atoms with Gasteiger partial charge in [0.1, 0.15) is 18.5 Å². The van der Waals surface area contributed by atoms with Gasteiger partial charge in [0.2, 0.25) is 11.8 Å². The second-order valence-corrected chi connectivity index (χ2v) is 10.1. The van der Waals surface area contributed by atoms with Gasteiger partial charge in [0, 0.05) is 20.6 Å². The summed E-state index contributed by atoms with van der Waals surface area (Å²) in [5.41, 5.74) is 1.99. The average Bonchev–Trinajstić information content (AvgIpc) is 3.37. The summed E-state index contributed by atoms with van der Waals surface area (Å²) in [6, 6.07) is 0.502. The molecule has 4 heterocycles. The number of rotatable bonds is 8. The fourth-order valence-corrected chi connectivity index (χ4v) is 4.45. The maximum absolute atomic E-state index is 11.1. The molecular weight excluding hydrogens is 484 g/mol. The summed E-state index contributed by atoms with van der Waals surface area (Å²) in [7, 11) is -7.20. The van der Waals surface area contributed by atoms with Gasteiger partial charge in [-0.25, -0.2) is 14.5 Å². The minimum atomic E-state index is -4.53. The Labute approximate surface area is 189 Å². The highest BCUT2D eigenvalue weighted by molar-refractivity contribution is 7.46. The number of phosphoric ester groups is 2. The van der Waals surface area contributed by atoms with Crippen molar-refractivity contribution in [3.05, 3.63) is 12.7 Å². The molecule has 186 valence electrons. The Morgan fingerprint density at radius 1 is 1.27 bits per heavy atom. The molecule has 2 aromatic rings. The molecule has 0 bridgehead atoms. The van der Waals surface area contributed by atoms with Crippen LogP contribution in [0.2, 0.25) is 0 Å². The number of ether oxygens (including phenoxy) is 1. The lowest BCUT2D eigenvalue weighted by Gasteiger charge is -2.28. The number of aliphatic hydroxyl groups is 1. The first-order valence-corrected chi connectivity index (χ1v) is 12.9. The van der Waals surface area contributed by atoms with Crippen LogP contribution in [-0.2, 0) is 32.0 Å². The fraction of sp³-hybridized carbons (Fsp3) is 0.688. The van der Waals surface area contributed by atoms with Crippen LogP contribution in [0.5, 0.6) is 0 Å². The average molecular weight is 510 g/mol. The number of aromatic amines is 1. The molecule has 5 unspecified atom stereocenters. The maximum atomic E-state index is 11.1. The summed E-state index contributed by atoms with van der Waals surface area (Å²) in [6.07, 6.45) is 1.01. The van der Waals surface area contributed by atoms with Crippen LogP contribution in [0.4, 0.5) is 5.82 Å². The SMILES string of the molecule is CCC1CNc2ncnc3[nH]c[n+]1c23.COP(=O)([O-])OC[C@H]1OC(O)CC1OP(=O)([O-])OC. The first-order chi connectivity index (χ1) is 15.6. The van der Waals surface area contributed by atoms with Gasteiger partial charge in [0.25, 0.3) is 21.3 Å². The molecule has 1 saturated heterocycles. The van der Waals surface area contributed by atoms with E-state index in [-0.39, 0.29) is 6.42 Å². The molecule has 0 radical (unpaired) electrons. The Hall–Kier alpha value is -1.51. The van der Waals surface area contributed by atoms with Crippen LogP contribution in [0.1, 0.15) is 25.8 Å². The van der Waals surface area contributed by atoms with Crippen molar-refractivity contribution in [3.63, 3.8) is 0 Å². The number of hydrogen-bond donors (Lipinski definition) is 3. The summed E-state index contributed by atoms with van der Waals surface area (Å²) in [6.45, 7) is 2.57. The number of nitrogens with zero attached hydrogens (tertiary/aromatic N) is 3. The highest BCUT2D eigenvalue weighted by Gasteiger charge is 2.38. The smallest absolute Gasteiger partial charge is 0.271 e. The number of aromatic nitrogens is 4. The number of aliphatic hydroxyl groups excluding tert-OH is 1. The van der Waals surface area contributed by atoms with E-state index < -0.39 is 40.8 Å². The highest BCUT2D eigenvalue weighted by atomic mass is 31.2. The number of anilines is 1. The van der Waals surface area contributed by atoms with E-state index in [0.717, 1.165) is 44.2 Å². The van der Waals surface area contributed by atoms with Crippen LogP contribution in [0.15, 0.2) is 12.7 Å². The van der Waals surface area contributed by atoms with Crippen LogP contribution in [-0.4, -0.2) is 65.9 Å². The molecule has 17 heteroatoms. The van der Waals surface area contributed by atoms with Gasteiger partial charge >= 0.3 is 0 Å².